The molecule has 1 aliphatic carbocycles. The number of rotatable bonds is 3. The van der Waals surface area contributed by atoms with E-state index in [0.717, 1.165) is 25.7 Å². The van der Waals surface area contributed by atoms with Crippen LogP contribution in [0.2, 0.25) is 0 Å². The summed E-state index contributed by atoms with van der Waals surface area (Å²) in [5.74, 6) is 0.628. The number of aryl methyl sites for hydroxylation is 1. The number of aliphatic hydroxyl groups is 1. The van der Waals surface area contributed by atoms with Gasteiger partial charge in [0.25, 0.3) is 0 Å². The third-order valence-electron chi connectivity index (χ3n) is 3.55. The van der Waals surface area contributed by atoms with Gasteiger partial charge in [-0.3, -0.25) is 4.98 Å². The molecule has 1 heterocycles. The minimum absolute atomic E-state index is 0.0753. The Morgan fingerprint density at radius 2 is 2.25 bits per heavy atom. The number of aliphatic hydroxyl groups excluding tert-OH is 1. The van der Waals surface area contributed by atoms with Crippen molar-refractivity contribution in [2.24, 2.45) is 5.92 Å². The average molecular weight is 219 g/mol. The summed E-state index contributed by atoms with van der Waals surface area (Å²) in [5.41, 5.74) is 2.48. The molecular formula is C14H21NO. The second-order valence-corrected chi connectivity index (χ2v) is 4.90. The average Bonchev–Trinajstić information content (AvgIpc) is 2.30. The third kappa shape index (κ3) is 3.05. The largest absolute Gasteiger partial charge is 0.393 e. The summed E-state index contributed by atoms with van der Waals surface area (Å²) in [6, 6.07) is 4.31. The molecule has 1 aromatic rings. The molecule has 0 bridgehead atoms. The minimum atomic E-state index is -0.0753. The molecule has 0 spiro atoms. The van der Waals surface area contributed by atoms with Crippen LogP contribution in [0.3, 0.4) is 0 Å². The van der Waals surface area contributed by atoms with Crippen LogP contribution >= 0.6 is 0 Å². The van der Waals surface area contributed by atoms with Crippen LogP contribution < -0.4 is 0 Å². The second kappa shape index (κ2) is 5.44. The lowest BCUT2D eigenvalue weighted by Gasteiger charge is -2.25. The van der Waals surface area contributed by atoms with E-state index >= 15 is 0 Å². The van der Waals surface area contributed by atoms with E-state index in [-0.39, 0.29) is 6.10 Å². The van der Waals surface area contributed by atoms with E-state index in [4.69, 9.17) is 0 Å². The quantitative estimate of drug-likeness (QED) is 0.848. The Balaban J connectivity index is 1.92. The molecule has 0 amide bonds. The molecule has 2 nitrogen and oxygen atoms in total. The number of hydrogen-bond donors (Lipinski definition) is 1. The van der Waals surface area contributed by atoms with E-state index in [1.165, 1.54) is 24.1 Å². The Hall–Kier alpha value is -0.890. The summed E-state index contributed by atoms with van der Waals surface area (Å²) in [6.07, 6.45) is 8.34. The fraction of sp³-hybridized carbons (Fsp3) is 0.643. The summed E-state index contributed by atoms with van der Waals surface area (Å²) in [5, 5.41) is 9.62. The molecule has 2 rings (SSSR count). The molecule has 1 aliphatic rings. The predicted octanol–water partition coefficient (Wildman–Crippen LogP) is 2.74. The molecule has 2 heteroatoms. The van der Waals surface area contributed by atoms with Crippen LogP contribution in [0.4, 0.5) is 0 Å². The van der Waals surface area contributed by atoms with Crippen LogP contribution in [0.1, 0.15) is 43.9 Å². The minimum Gasteiger partial charge on any atom is -0.393 e. The van der Waals surface area contributed by atoms with Gasteiger partial charge in [-0.15, -0.1) is 0 Å². The molecule has 0 aliphatic heterocycles. The normalized spacial score (nSPS) is 25.6. The lowest BCUT2D eigenvalue weighted by atomic mass is 9.84. The van der Waals surface area contributed by atoms with E-state index < -0.39 is 0 Å². The van der Waals surface area contributed by atoms with Crippen molar-refractivity contribution in [3.8, 4) is 0 Å². The third-order valence-corrected chi connectivity index (χ3v) is 3.55. The van der Waals surface area contributed by atoms with Gasteiger partial charge < -0.3 is 5.11 Å². The number of pyridine rings is 1. The molecule has 2 atom stereocenters. The smallest absolute Gasteiger partial charge is 0.0543 e. The molecule has 1 fully saturated rings. The van der Waals surface area contributed by atoms with Crippen LogP contribution in [-0.4, -0.2) is 16.2 Å². The Morgan fingerprint density at radius 1 is 1.38 bits per heavy atom. The maximum absolute atomic E-state index is 9.62. The van der Waals surface area contributed by atoms with E-state index in [1.807, 2.05) is 6.20 Å². The van der Waals surface area contributed by atoms with Crippen LogP contribution in [-0.2, 0) is 12.8 Å². The zero-order valence-corrected chi connectivity index (χ0v) is 10.0. The van der Waals surface area contributed by atoms with Crippen molar-refractivity contribution in [2.45, 2.75) is 51.6 Å². The molecule has 1 aromatic heterocycles. The summed E-state index contributed by atoms with van der Waals surface area (Å²) in [6.45, 7) is 2.15. The van der Waals surface area contributed by atoms with Crippen molar-refractivity contribution in [1.82, 2.24) is 4.98 Å². The van der Waals surface area contributed by atoms with Crippen molar-refractivity contribution in [2.75, 3.05) is 0 Å². The number of hydrogen-bond acceptors (Lipinski definition) is 2. The molecule has 0 radical (unpaired) electrons. The van der Waals surface area contributed by atoms with Crippen LogP contribution in [0.5, 0.6) is 0 Å². The van der Waals surface area contributed by atoms with Gasteiger partial charge >= 0.3 is 0 Å². The Labute approximate surface area is 97.7 Å². The van der Waals surface area contributed by atoms with Gasteiger partial charge in [0, 0.05) is 11.9 Å². The van der Waals surface area contributed by atoms with Crippen molar-refractivity contribution < 1.29 is 5.11 Å². The van der Waals surface area contributed by atoms with Crippen molar-refractivity contribution in [1.29, 1.82) is 0 Å². The fourth-order valence-electron chi connectivity index (χ4n) is 2.53. The number of aromatic nitrogens is 1. The first-order chi connectivity index (χ1) is 7.78. The van der Waals surface area contributed by atoms with Gasteiger partial charge in [0.05, 0.1) is 6.10 Å². The van der Waals surface area contributed by atoms with E-state index in [0.29, 0.717) is 5.92 Å². The zero-order valence-electron chi connectivity index (χ0n) is 10.0. The Morgan fingerprint density at radius 3 is 2.88 bits per heavy atom. The second-order valence-electron chi connectivity index (χ2n) is 4.90. The van der Waals surface area contributed by atoms with Gasteiger partial charge in [-0.2, -0.15) is 0 Å². The van der Waals surface area contributed by atoms with E-state index in [1.54, 1.807) is 0 Å². The maximum Gasteiger partial charge on any atom is 0.0543 e. The highest BCUT2D eigenvalue weighted by molar-refractivity contribution is 5.14. The Kier molecular flexibility index (Phi) is 3.94. The van der Waals surface area contributed by atoms with Gasteiger partial charge in [0.1, 0.15) is 0 Å². The lowest BCUT2D eigenvalue weighted by Crippen LogP contribution is -2.21. The molecule has 16 heavy (non-hydrogen) atoms. The van der Waals surface area contributed by atoms with E-state index in [2.05, 4.69) is 24.0 Å². The topological polar surface area (TPSA) is 33.1 Å². The van der Waals surface area contributed by atoms with Gasteiger partial charge in [-0.05, 0) is 49.7 Å². The first kappa shape index (κ1) is 11.6. The van der Waals surface area contributed by atoms with Gasteiger partial charge in [-0.25, -0.2) is 0 Å². The highest BCUT2D eigenvalue weighted by atomic mass is 16.3. The summed E-state index contributed by atoms with van der Waals surface area (Å²) >= 11 is 0. The molecule has 88 valence electrons. The van der Waals surface area contributed by atoms with Gasteiger partial charge in [-0.1, -0.05) is 19.4 Å². The first-order valence-electron chi connectivity index (χ1n) is 6.39. The zero-order chi connectivity index (χ0) is 11.4. The fourth-order valence-corrected chi connectivity index (χ4v) is 2.53. The van der Waals surface area contributed by atoms with E-state index in [9.17, 15) is 5.11 Å². The van der Waals surface area contributed by atoms with Crippen LogP contribution in [0, 0.1) is 5.92 Å². The summed E-state index contributed by atoms with van der Waals surface area (Å²) in [7, 11) is 0. The molecule has 0 aromatic carbocycles. The monoisotopic (exact) mass is 219 g/mol. The molecule has 2 unspecified atom stereocenters. The highest BCUT2D eigenvalue weighted by Crippen LogP contribution is 2.26. The number of nitrogens with zero attached hydrogens (tertiary/aromatic N) is 1. The SMILES string of the molecule is CCc1ccc(CC2CCCC(O)C2)nc1. The standard InChI is InChI=1S/C14H21NO/c1-2-11-6-7-13(15-10-11)8-12-4-3-5-14(16)9-12/h6-7,10,12,14,16H,2-5,8-9H2,1H3. The van der Waals surface area contributed by atoms with Crippen molar-refractivity contribution in [3.63, 3.8) is 0 Å². The maximum atomic E-state index is 9.62. The Bertz CT molecular complexity index is 320. The molecular weight excluding hydrogens is 198 g/mol. The first-order valence-corrected chi connectivity index (χ1v) is 6.39. The highest BCUT2D eigenvalue weighted by Gasteiger charge is 2.20. The van der Waals surface area contributed by atoms with Crippen LogP contribution in [0.15, 0.2) is 18.3 Å². The summed E-state index contributed by atoms with van der Waals surface area (Å²) in [4.78, 5) is 4.49. The van der Waals surface area contributed by atoms with Crippen molar-refractivity contribution >= 4 is 0 Å². The molecule has 1 N–H and O–H groups in total. The van der Waals surface area contributed by atoms with Crippen LogP contribution in [0.25, 0.3) is 0 Å². The molecule has 1 saturated carbocycles. The summed E-state index contributed by atoms with van der Waals surface area (Å²) < 4.78 is 0. The lowest BCUT2D eigenvalue weighted by molar-refractivity contribution is 0.101. The van der Waals surface area contributed by atoms with Gasteiger partial charge in [0.15, 0.2) is 0 Å². The molecule has 0 saturated heterocycles. The van der Waals surface area contributed by atoms with Gasteiger partial charge in [0.2, 0.25) is 0 Å². The van der Waals surface area contributed by atoms with Crippen molar-refractivity contribution in [3.05, 3.63) is 29.6 Å². The predicted molar refractivity (Wildman–Crippen MR) is 65.3 cm³/mol.